The molecule has 158 valence electrons. The molecule has 0 radical (unpaired) electrons. The summed E-state index contributed by atoms with van der Waals surface area (Å²) in [5, 5.41) is 0.619. The standard InChI is InChI=1S/C23H25ClN2O3S/c1-15(2)12-21(27)26-10-11-30-23(26)18-13-17(29-3)8-9-20(18)25(22(23)28)14-16-6-4-5-7-19(16)24/h4-9,13,15H,10-12,14H2,1-3H3. The molecule has 30 heavy (non-hydrogen) atoms. The Hall–Kier alpha value is -2.18. The molecule has 2 aromatic rings. The summed E-state index contributed by atoms with van der Waals surface area (Å²) < 4.78 is 5.45. The van der Waals surface area contributed by atoms with Crippen LogP contribution in [-0.4, -0.2) is 36.1 Å². The summed E-state index contributed by atoms with van der Waals surface area (Å²) in [5.74, 6) is 1.53. The molecule has 1 saturated heterocycles. The zero-order valence-corrected chi connectivity index (χ0v) is 18.9. The van der Waals surface area contributed by atoms with E-state index in [1.54, 1.807) is 16.9 Å². The second-order valence-electron chi connectivity index (χ2n) is 8.00. The number of methoxy groups -OCH3 is 1. The molecule has 1 atom stereocenters. The number of carbonyl (C=O) groups excluding carboxylic acids is 2. The monoisotopic (exact) mass is 444 g/mol. The molecule has 1 unspecified atom stereocenters. The van der Waals surface area contributed by atoms with E-state index in [-0.39, 0.29) is 17.7 Å². The average molecular weight is 445 g/mol. The van der Waals surface area contributed by atoms with Gasteiger partial charge in [-0.25, -0.2) is 0 Å². The normalized spacial score (nSPS) is 20.4. The summed E-state index contributed by atoms with van der Waals surface area (Å²) in [5.41, 5.74) is 2.49. The lowest BCUT2D eigenvalue weighted by Crippen LogP contribution is -2.50. The predicted octanol–water partition coefficient (Wildman–Crippen LogP) is 4.67. The van der Waals surface area contributed by atoms with Crippen LogP contribution >= 0.6 is 23.4 Å². The first kappa shape index (κ1) is 21.1. The van der Waals surface area contributed by atoms with Gasteiger partial charge >= 0.3 is 0 Å². The Morgan fingerprint density at radius 2 is 2.03 bits per heavy atom. The molecule has 2 aliphatic rings. The van der Waals surface area contributed by atoms with Crippen molar-refractivity contribution in [1.29, 1.82) is 0 Å². The van der Waals surface area contributed by atoms with Crippen LogP contribution in [-0.2, 0) is 21.0 Å². The maximum absolute atomic E-state index is 13.9. The number of anilines is 1. The van der Waals surface area contributed by atoms with E-state index >= 15 is 0 Å². The van der Waals surface area contributed by atoms with Crippen LogP contribution in [0, 0.1) is 5.92 Å². The highest BCUT2D eigenvalue weighted by molar-refractivity contribution is 8.01. The van der Waals surface area contributed by atoms with Gasteiger partial charge < -0.3 is 14.5 Å². The molecule has 0 saturated carbocycles. The maximum Gasteiger partial charge on any atom is 0.268 e. The van der Waals surface area contributed by atoms with E-state index in [0.717, 1.165) is 16.8 Å². The van der Waals surface area contributed by atoms with Crippen LogP contribution in [0.15, 0.2) is 42.5 Å². The van der Waals surface area contributed by atoms with E-state index in [1.807, 2.05) is 56.3 Å². The summed E-state index contributed by atoms with van der Waals surface area (Å²) in [6.07, 6.45) is 0.416. The van der Waals surface area contributed by atoms with Crippen LogP contribution in [0.2, 0.25) is 5.02 Å². The van der Waals surface area contributed by atoms with Gasteiger partial charge in [-0.3, -0.25) is 9.59 Å². The first-order valence-electron chi connectivity index (χ1n) is 10.1. The zero-order chi connectivity index (χ0) is 21.5. The number of thioether (sulfide) groups is 1. The largest absolute Gasteiger partial charge is 0.497 e. The number of hydrogen-bond donors (Lipinski definition) is 0. The summed E-state index contributed by atoms with van der Waals surface area (Å²) in [6.45, 7) is 4.95. The van der Waals surface area contributed by atoms with Crippen molar-refractivity contribution in [3.8, 4) is 5.75 Å². The molecule has 2 aromatic carbocycles. The Morgan fingerprint density at radius 1 is 1.27 bits per heavy atom. The number of rotatable bonds is 5. The molecule has 4 rings (SSSR count). The zero-order valence-electron chi connectivity index (χ0n) is 17.4. The lowest BCUT2D eigenvalue weighted by atomic mass is 10.0. The number of nitrogens with zero attached hydrogens (tertiary/aromatic N) is 2. The van der Waals surface area contributed by atoms with E-state index in [9.17, 15) is 9.59 Å². The summed E-state index contributed by atoms with van der Waals surface area (Å²) >= 11 is 7.91. The molecule has 0 aromatic heterocycles. The van der Waals surface area contributed by atoms with Crippen molar-refractivity contribution in [3.63, 3.8) is 0 Å². The molecule has 5 nitrogen and oxygen atoms in total. The van der Waals surface area contributed by atoms with E-state index in [2.05, 4.69) is 0 Å². The highest BCUT2D eigenvalue weighted by Crippen LogP contribution is 2.55. The van der Waals surface area contributed by atoms with E-state index in [4.69, 9.17) is 16.3 Å². The molecule has 0 aliphatic carbocycles. The van der Waals surface area contributed by atoms with Crippen LogP contribution in [0.25, 0.3) is 0 Å². The Bertz CT molecular complexity index is 996. The molecule has 2 amide bonds. The number of hydrogen-bond acceptors (Lipinski definition) is 4. The minimum absolute atomic E-state index is 0.0108. The van der Waals surface area contributed by atoms with E-state index in [0.29, 0.717) is 36.0 Å². The minimum Gasteiger partial charge on any atom is -0.497 e. The lowest BCUT2D eigenvalue weighted by Gasteiger charge is -2.33. The third-order valence-electron chi connectivity index (χ3n) is 5.57. The summed E-state index contributed by atoms with van der Waals surface area (Å²) in [7, 11) is 1.61. The van der Waals surface area contributed by atoms with Crippen molar-refractivity contribution in [1.82, 2.24) is 4.90 Å². The third-order valence-corrected chi connectivity index (χ3v) is 7.36. The highest BCUT2D eigenvalue weighted by atomic mass is 35.5. The van der Waals surface area contributed by atoms with Gasteiger partial charge in [0.15, 0.2) is 4.87 Å². The predicted molar refractivity (Wildman–Crippen MR) is 121 cm³/mol. The minimum atomic E-state index is -1.04. The number of benzene rings is 2. The first-order valence-corrected chi connectivity index (χ1v) is 11.4. The van der Waals surface area contributed by atoms with Gasteiger partial charge in [0.1, 0.15) is 5.75 Å². The van der Waals surface area contributed by atoms with Gasteiger partial charge in [0.25, 0.3) is 5.91 Å². The van der Waals surface area contributed by atoms with Crippen molar-refractivity contribution in [3.05, 3.63) is 58.6 Å². The lowest BCUT2D eigenvalue weighted by molar-refractivity contribution is -0.140. The Balaban J connectivity index is 1.81. The van der Waals surface area contributed by atoms with Gasteiger partial charge in [-0.15, -0.1) is 11.8 Å². The van der Waals surface area contributed by atoms with Gasteiger partial charge in [-0.1, -0.05) is 43.6 Å². The number of carbonyl (C=O) groups is 2. The summed E-state index contributed by atoms with van der Waals surface area (Å²) in [4.78, 5) is 29.5. The maximum atomic E-state index is 13.9. The summed E-state index contributed by atoms with van der Waals surface area (Å²) in [6, 6.07) is 13.2. The molecule has 1 spiro atoms. The number of amides is 2. The second-order valence-corrected chi connectivity index (χ2v) is 9.70. The van der Waals surface area contributed by atoms with E-state index < -0.39 is 4.87 Å². The Labute approximate surface area is 186 Å². The average Bonchev–Trinajstić information content (AvgIpc) is 3.26. The SMILES string of the molecule is COc1ccc2c(c1)C1(SCCN1C(=O)CC(C)C)C(=O)N2Cc1ccccc1Cl. The van der Waals surface area contributed by atoms with Gasteiger partial charge in [0.05, 0.1) is 19.3 Å². The number of fused-ring (bicyclic) bond motifs is 2. The van der Waals surface area contributed by atoms with Gasteiger partial charge in [-0.05, 0) is 35.7 Å². The fourth-order valence-corrected chi connectivity index (χ4v) is 5.86. The molecule has 1 fully saturated rings. The molecule has 0 N–H and O–H groups in total. The van der Waals surface area contributed by atoms with Crippen molar-refractivity contribution >= 4 is 40.9 Å². The fourth-order valence-electron chi connectivity index (χ4n) is 4.19. The van der Waals surface area contributed by atoms with Crippen molar-refractivity contribution in [2.45, 2.75) is 31.7 Å². The number of ether oxygens (including phenoxy) is 1. The molecular formula is C23H25ClN2O3S. The second kappa shape index (κ2) is 8.16. The van der Waals surface area contributed by atoms with Crippen LogP contribution < -0.4 is 9.64 Å². The van der Waals surface area contributed by atoms with Gasteiger partial charge in [0.2, 0.25) is 5.91 Å². The first-order chi connectivity index (χ1) is 14.4. The van der Waals surface area contributed by atoms with Crippen molar-refractivity contribution in [2.24, 2.45) is 5.92 Å². The highest BCUT2D eigenvalue weighted by Gasteiger charge is 2.59. The molecular weight excluding hydrogens is 420 g/mol. The molecule has 2 aliphatic heterocycles. The van der Waals surface area contributed by atoms with Gasteiger partial charge in [0, 0.05) is 29.3 Å². The van der Waals surface area contributed by atoms with Crippen molar-refractivity contribution in [2.75, 3.05) is 24.3 Å². The van der Waals surface area contributed by atoms with E-state index in [1.165, 1.54) is 11.8 Å². The molecule has 2 heterocycles. The Morgan fingerprint density at radius 3 is 2.73 bits per heavy atom. The molecule has 0 bridgehead atoms. The van der Waals surface area contributed by atoms with Crippen LogP contribution in [0.5, 0.6) is 5.75 Å². The van der Waals surface area contributed by atoms with Crippen molar-refractivity contribution < 1.29 is 14.3 Å². The molecule has 7 heteroatoms. The smallest absolute Gasteiger partial charge is 0.268 e. The number of halogens is 1. The van der Waals surface area contributed by atoms with Crippen LogP contribution in [0.1, 0.15) is 31.4 Å². The third kappa shape index (κ3) is 3.36. The topological polar surface area (TPSA) is 49.9 Å². The van der Waals surface area contributed by atoms with Crippen LogP contribution in [0.4, 0.5) is 5.69 Å². The fraction of sp³-hybridized carbons (Fsp3) is 0.391. The van der Waals surface area contributed by atoms with Crippen LogP contribution in [0.3, 0.4) is 0 Å². The quantitative estimate of drug-likeness (QED) is 0.672. The van der Waals surface area contributed by atoms with Gasteiger partial charge in [-0.2, -0.15) is 0 Å². The Kier molecular flexibility index (Phi) is 5.73.